The molecule has 0 aromatic heterocycles. The van der Waals surface area contributed by atoms with Gasteiger partial charge in [-0.15, -0.1) is 0 Å². The van der Waals surface area contributed by atoms with Crippen LogP contribution in [0, 0.1) is 0 Å². The van der Waals surface area contributed by atoms with Crippen LogP contribution in [0.1, 0.15) is 64.7 Å². The smallest absolute Gasteiger partial charge is 0.331 e. The molecule has 0 aromatic rings. The van der Waals surface area contributed by atoms with Gasteiger partial charge in [-0.1, -0.05) is 25.8 Å². The molecule has 0 N–H and O–H groups in total. The first-order chi connectivity index (χ1) is 12.1. The molecule has 1 aliphatic rings. The molecule has 6 nitrogen and oxygen atoms in total. The summed E-state index contributed by atoms with van der Waals surface area (Å²) in [5.41, 5.74) is 0.976. The summed E-state index contributed by atoms with van der Waals surface area (Å²) < 4.78 is 9.68. The largest absolute Gasteiger partial charge is 0.467 e. The van der Waals surface area contributed by atoms with E-state index in [1.165, 1.54) is 7.11 Å². The van der Waals surface area contributed by atoms with Gasteiger partial charge in [-0.2, -0.15) is 0 Å². The van der Waals surface area contributed by atoms with Crippen LogP contribution in [-0.4, -0.2) is 49.4 Å². The molecule has 1 amide bonds. The summed E-state index contributed by atoms with van der Waals surface area (Å²) >= 11 is 0. The Kier molecular flexibility index (Phi) is 10.8. The maximum atomic E-state index is 12.0. The van der Waals surface area contributed by atoms with Crippen LogP contribution in [0.15, 0.2) is 11.8 Å². The summed E-state index contributed by atoms with van der Waals surface area (Å²) in [5, 5.41) is 0. The van der Waals surface area contributed by atoms with Crippen LogP contribution in [0.4, 0.5) is 0 Å². The van der Waals surface area contributed by atoms with Gasteiger partial charge in [0.05, 0.1) is 7.11 Å². The first-order valence-corrected chi connectivity index (χ1v) is 9.24. The van der Waals surface area contributed by atoms with E-state index in [9.17, 15) is 14.4 Å². The van der Waals surface area contributed by atoms with E-state index in [4.69, 9.17) is 4.74 Å². The van der Waals surface area contributed by atoms with Gasteiger partial charge in [0.2, 0.25) is 5.91 Å². The summed E-state index contributed by atoms with van der Waals surface area (Å²) in [5.74, 6) is -0.0137. The number of ketones is 1. The van der Waals surface area contributed by atoms with E-state index in [2.05, 4.69) is 11.7 Å². The van der Waals surface area contributed by atoms with Gasteiger partial charge in [-0.3, -0.25) is 9.59 Å². The van der Waals surface area contributed by atoms with E-state index >= 15 is 0 Å². The van der Waals surface area contributed by atoms with Crippen molar-refractivity contribution in [3.63, 3.8) is 0 Å². The van der Waals surface area contributed by atoms with Crippen molar-refractivity contribution in [1.82, 2.24) is 4.90 Å². The fraction of sp³-hybridized carbons (Fsp3) is 0.737. The van der Waals surface area contributed by atoms with Gasteiger partial charge in [0.1, 0.15) is 12.4 Å². The maximum absolute atomic E-state index is 12.0. The molecule has 0 aliphatic carbocycles. The van der Waals surface area contributed by atoms with Gasteiger partial charge >= 0.3 is 5.97 Å². The zero-order valence-electron chi connectivity index (χ0n) is 15.6. The van der Waals surface area contributed by atoms with Gasteiger partial charge in [-0.25, -0.2) is 4.79 Å². The summed E-state index contributed by atoms with van der Waals surface area (Å²) in [6.07, 6.45) is 8.94. The summed E-state index contributed by atoms with van der Waals surface area (Å²) in [4.78, 5) is 36.6. The number of rotatable bonds is 13. The minimum atomic E-state index is -0.386. The molecule has 142 valence electrons. The third kappa shape index (κ3) is 8.82. The summed E-state index contributed by atoms with van der Waals surface area (Å²) in [6.45, 7) is 3.18. The van der Waals surface area contributed by atoms with E-state index < -0.39 is 0 Å². The fourth-order valence-corrected chi connectivity index (χ4v) is 2.74. The Bertz CT molecular complexity index is 472. The number of carbonyl (C=O) groups excluding carboxylic acids is 3. The zero-order chi connectivity index (χ0) is 18.5. The number of ether oxygens (including phenoxy) is 2. The van der Waals surface area contributed by atoms with E-state index in [0.29, 0.717) is 32.4 Å². The molecule has 0 unspecified atom stereocenters. The molecule has 1 saturated heterocycles. The Balaban J connectivity index is 2.28. The molecule has 0 radical (unpaired) electrons. The SMILES string of the molecule is CCCCCC(=O)CC=C1CCC(=O)N1CCCCOCC(=O)OC. The first-order valence-electron chi connectivity index (χ1n) is 9.24. The highest BCUT2D eigenvalue weighted by molar-refractivity contribution is 5.83. The monoisotopic (exact) mass is 353 g/mol. The predicted molar refractivity (Wildman–Crippen MR) is 94.9 cm³/mol. The normalized spacial score (nSPS) is 15.8. The number of esters is 1. The number of methoxy groups -OCH3 is 1. The highest BCUT2D eigenvalue weighted by Crippen LogP contribution is 2.23. The Hall–Kier alpha value is -1.69. The van der Waals surface area contributed by atoms with Gasteiger partial charge in [0, 0.05) is 38.1 Å². The molecular formula is C19H31NO5. The van der Waals surface area contributed by atoms with Gasteiger partial charge in [0.25, 0.3) is 0 Å². The summed E-state index contributed by atoms with van der Waals surface area (Å²) in [7, 11) is 1.33. The number of amides is 1. The molecule has 0 saturated carbocycles. The molecule has 1 aliphatic heterocycles. The quantitative estimate of drug-likeness (QED) is 0.376. The number of Topliss-reactive ketones (excluding diaryl/α,β-unsaturated/α-hetero) is 1. The zero-order valence-corrected chi connectivity index (χ0v) is 15.6. The van der Waals surface area contributed by atoms with E-state index in [0.717, 1.165) is 44.2 Å². The minimum absolute atomic E-state index is 0.0373. The lowest BCUT2D eigenvalue weighted by Gasteiger charge is -2.18. The van der Waals surface area contributed by atoms with Crippen molar-refractivity contribution >= 4 is 17.7 Å². The molecule has 25 heavy (non-hydrogen) atoms. The van der Waals surface area contributed by atoms with Gasteiger partial charge in [-0.05, 0) is 25.7 Å². The van der Waals surface area contributed by atoms with Crippen molar-refractivity contribution in [3.8, 4) is 0 Å². The molecular weight excluding hydrogens is 322 g/mol. The minimum Gasteiger partial charge on any atom is -0.467 e. The topological polar surface area (TPSA) is 72.9 Å². The van der Waals surface area contributed by atoms with E-state index in [-0.39, 0.29) is 24.3 Å². The highest BCUT2D eigenvalue weighted by atomic mass is 16.6. The fourth-order valence-electron chi connectivity index (χ4n) is 2.74. The number of hydrogen-bond donors (Lipinski definition) is 0. The van der Waals surface area contributed by atoms with Crippen LogP contribution >= 0.6 is 0 Å². The molecule has 1 fully saturated rings. The standard InChI is InChI=1S/C19H31NO5/c1-3-4-5-8-17(21)11-9-16-10-12-18(22)20(16)13-6-7-14-25-15-19(23)24-2/h9H,3-8,10-15H2,1-2H3. The lowest BCUT2D eigenvalue weighted by atomic mass is 10.1. The second-order valence-electron chi connectivity index (χ2n) is 6.28. The van der Waals surface area contributed by atoms with Crippen molar-refractivity contribution in [2.45, 2.75) is 64.7 Å². The molecule has 0 bridgehead atoms. The van der Waals surface area contributed by atoms with E-state index in [1.54, 1.807) is 4.90 Å². The second-order valence-corrected chi connectivity index (χ2v) is 6.28. The first kappa shape index (κ1) is 21.4. The highest BCUT2D eigenvalue weighted by Gasteiger charge is 2.24. The van der Waals surface area contributed by atoms with E-state index in [1.807, 2.05) is 6.08 Å². The number of nitrogens with zero attached hydrogens (tertiary/aromatic N) is 1. The average Bonchev–Trinajstić information content (AvgIpc) is 2.96. The van der Waals surface area contributed by atoms with Crippen molar-refractivity contribution in [3.05, 3.63) is 11.8 Å². The van der Waals surface area contributed by atoms with Crippen molar-refractivity contribution in [2.24, 2.45) is 0 Å². The molecule has 1 rings (SSSR count). The van der Waals surface area contributed by atoms with Crippen LogP contribution in [0.5, 0.6) is 0 Å². The second kappa shape index (κ2) is 12.6. The third-order valence-electron chi connectivity index (χ3n) is 4.24. The maximum Gasteiger partial charge on any atom is 0.331 e. The lowest BCUT2D eigenvalue weighted by molar-refractivity contribution is -0.145. The molecule has 1 heterocycles. The number of hydrogen-bond acceptors (Lipinski definition) is 5. The molecule has 0 spiro atoms. The number of carbonyl (C=O) groups is 3. The van der Waals surface area contributed by atoms with Crippen molar-refractivity contribution in [2.75, 3.05) is 26.9 Å². The molecule has 0 aromatic carbocycles. The Morgan fingerprint density at radius 2 is 1.96 bits per heavy atom. The molecule has 6 heteroatoms. The Labute approximate surface area is 150 Å². The Morgan fingerprint density at radius 1 is 1.16 bits per heavy atom. The average molecular weight is 353 g/mol. The van der Waals surface area contributed by atoms with Crippen LogP contribution in [0.2, 0.25) is 0 Å². The third-order valence-corrected chi connectivity index (χ3v) is 4.24. The van der Waals surface area contributed by atoms with Crippen LogP contribution < -0.4 is 0 Å². The lowest BCUT2D eigenvalue weighted by Crippen LogP contribution is -2.25. The number of likely N-dealkylation sites (tertiary alicyclic amines) is 1. The predicted octanol–water partition coefficient (Wildman–Crippen LogP) is 3.00. The van der Waals surface area contributed by atoms with Gasteiger partial charge in [0.15, 0.2) is 0 Å². The molecule has 0 atom stereocenters. The van der Waals surface area contributed by atoms with Crippen LogP contribution in [0.25, 0.3) is 0 Å². The number of allylic oxidation sites excluding steroid dienone is 2. The van der Waals surface area contributed by atoms with Crippen molar-refractivity contribution < 1.29 is 23.9 Å². The summed E-state index contributed by atoms with van der Waals surface area (Å²) in [6, 6.07) is 0. The van der Waals surface area contributed by atoms with Crippen molar-refractivity contribution in [1.29, 1.82) is 0 Å². The van der Waals surface area contributed by atoms with Crippen LogP contribution in [-0.2, 0) is 23.9 Å². The van der Waals surface area contributed by atoms with Crippen LogP contribution in [0.3, 0.4) is 0 Å². The number of unbranched alkanes of at least 4 members (excludes halogenated alkanes) is 3. The van der Waals surface area contributed by atoms with Gasteiger partial charge < -0.3 is 14.4 Å². The Morgan fingerprint density at radius 3 is 2.68 bits per heavy atom.